The molecule has 0 fully saturated rings. The Morgan fingerprint density at radius 1 is 1.38 bits per heavy atom. The van der Waals surface area contributed by atoms with Crippen LogP contribution >= 0.6 is 35.0 Å². The first-order valence-corrected chi connectivity index (χ1v) is 7.31. The van der Waals surface area contributed by atoms with Crippen LogP contribution in [0.4, 0.5) is 0 Å². The fourth-order valence-corrected chi connectivity index (χ4v) is 2.69. The van der Waals surface area contributed by atoms with E-state index in [4.69, 9.17) is 28.9 Å². The first kappa shape index (κ1) is 14.2. The summed E-state index contributed by atoms with van der Waals surface area (Å²) in [7, 11) is 0. The molecule has 0 aliphatic rings. The van der Waals surface area contributed by atoms with Crippen LogP contribution in [0.3, 0.4) is 0 Å². The summed E-state index contributed by atoms with van der Waals surface area (Å²) in [5.74, 6) is 2.13. The van der Waals surface area contributed by atoms with E-state index in [2.05, 4.69) is 6.92 Å². The third kappa shape index (κ3) is 4.96. The van der Waals surface area contributed by atoms with Gasteiger partial charge in [0.15, 0.2) is 0 Å². The van der Waals surface area contributed by atoms with E-state index < -0.39 is 0 Å². The number of hydrogen-bond acceptors (Lipinski definition) is 2. The molecule has 16 heavy (non-hydrogen) atoms. The molecule has 1 unspecified atom stereocenters. The minimum Gasteiger partial charge on any atom is -0.327 e. The molecule has 1 aromatic rings. The summed E-state index contributed by atoms with van der Waals surface area (Å²) in [6.07, 6.45) is 1.98. The molecule has 1 rings (SSSR count). The zero-order valence-corrected chi connectivity index (χ0v) is 11.7. The van der Waals surface area contributed by atoms with Crippen LogP contribution in [-0.4, -0.2) is 17.5 Å². The highest BCUT2D eigenvalue weighted by Gasteiger charge is 2.08. The summed E-state index contributed by atoms with van der Waals surface area (Å²) in [5.41, 5.74) is 7.08. The fraction of sp³-hybridized carbons (Fsp3) is 0.500. The van der Waals surface area contributed by atoms with Gasteiger partial charge in [0.2, 0.25) is 0 Å². The van der Waals surface area contributed by atoms with Gasteiger partial charge in [0.25, 0.3) is 0 Å². The van der Waals surface area contributed by atoms with E-state index in [1.165, 1.54) is 6.42 Å². The second kappa shape index (κ2) is 7.44. The van der Waals surface area contributed by atoms with Crippen LogP contribution in [0.5, 0.6) is 0 Å². The van der Waals surface area contributed by atoms with Gasteiger partial charge in [-0.2, -0.15) is 11.8 Å². The molecule has 0 saturated carbocycles. The Balaban J connectivity index is 2.48. The summed E-state index contributed by atoms with van der Waals surface area (Å²) >= 11 is 13.9. The Kier molecular flexibility index (Phi) is 6.59. The lowest BCUT2D eigenvalue weighted by molar-refractivity contribution is 0.748. The van der Waals surface area contributed by atoms with E-state index in [9.17, 15) is 0 Å². The molecule has 0 aliphatic heterocycles. The largest absolute Gasteiger partial charge is 0.327 e. The van der Waals surface area contributed by atoms with Crippen LogP contribution < -0.4 is 5.73 Å². The van der Waals surface area contributed by atoms with E-state index in [0.717, 1.165) is 28.5 Å². The van der Waals surface area contributed by atoms with Crippen molar-refractivity contribution in [3.05, 3.63) is 33.8 Å². The van der Waals surface area contributed by atoms with Gasteiger partial charge in [0.05, 0.1) is 0 Å². The number of rotatable bonds is 6. The van der Waals surface area contributed by atoms with E-state index in [1.807, 2.05) is 23.9 Å². The average Bonchev–Trinajstić information content (AvgIpc) is 2.24. The number of benzene rings is 1. The van der Waals surface area contributed by atoms with Gasteiger partial charge in [-0.3, -0.25) is 0 Å². The van der Waals surface area contributed by atoms with Crippen LogP contribution in [0.2, 0.25) is 10.0 Å². The fourth-order valence-electron chi connectivity index (χ4n) is 1.42. The topological polar surface area (TPSA) is 26.0 Å². The van der Waals surface area contributed by atoms with Gasteiger partial charge in [0, 0.05) is 21.8 Å². The van der Waals surface area contributed by atoms with Gasteiger partial charge in [-0.25, -0.2) is 0 Å². The van der Waals surface area contributed by atoms with Gasteiger partial charge in [0.1, 0.15) is 0 Å². The maximum Gasteiger partial charge on any atom is 0.0439 e. The maximum absolute atomic E-state index is 6.08. The highest BCUT2D eigenvalue weighted by atomic mass is 35.5. The first-order chi connectivity index (χ1) is 7.63. The third-order valence-electron chi connectivity index (χ3n) is 2.17. The Morgan fingerprint density at radius 2 is 2.12 bits per heavy atom. The second-order valence-corrected chi connectivity index (χ2v) is 5.77. The van der Waals surface area contributed by atoms with Crippen LogP contribution in [0, 0.1) is 0 Å². The number of thioether (sulfide) groups is 1. The van der Waals surface area contributed by atoms with Crippen molar-refractivity contribution in [3.8, 4) is 0 Å². The minimum atomic E-state index is 0.146. The summed E-state index contributed by atoms with van der Waals surface area (Å²) in [4.78, 5) is 0. The number of hydrogen-bond donors (Lipinski definition) is 1. The second-order valence-electron chi connectivity index (χ2n) is 3.77. The smallest absolute Gasteiger partial charge is 0.0439 e. The van der Waals surface area contributed by atoms with Crippen molar-refractivity contribution in [3.63, 3.8) is 0 Å². The van der Waals surface area contributed by atoms with Crippen LogP contribution in [0.1, 0.15) is 18.9 Å². The summed E-state index contributed by atoms with van der Waals surface area (Å²) in [6, 6.07) is 5.66. The molecule has 0 saturated heterocycles. The quantitative estimate of drug-likeness (QED) is 0.796. The minimum absolute atomic E-state index is 0.146. The molecule has 90 valence electrons. The molecular formula is C12H17Cl2NS. The van der Waals surface area contributed by atoms with Gasteiger partial charge in [-0.15, -0.1) is 0 Å². The van der Waals surface area contributed by atoms with E-state index >= 15 is 0 Å². The van der Waals surface area contributed by atoms with Crippen molar-refractivity contribution in [2.75, 3.05) is 11.5 Å². The summed E-state index contributed by atoms with van der Waals surface area (Å²) in [6.45, 7) is 2.17. The third-order valence-corrected chi connectivity index (χ3v) is 4.13. The molecule has 0 aliphatic carbocycles. The van der Waals surface area contributed by atoms with Gasteiger partial charge in [-0.05, 0) is 42.4 Å². The SMILES string of the molecule is CCCSCC(N)Cc1cc(Cl)ccc1Cl. The number of nitrogens with two attached hydrogens (primary N) is 1. The van der Waals surface area contributed by atoms with Crippen LogP contribution in [0.25, 0.3) is 0 Å². The van der Waals surface area contributed by atoms with Gasteiger partial charge >= 0.3 is 0 Å². The molecule has 0 spiro atoms. The zero-order valence-electron chi connectivity index (χ0n) is 9.38. The lowest BCUT2D eigenvalue weighted by atomic mass is 10.1. The lowest BCUT2D eigenvalue weighted by Gasteiger charge is -2.12. The van der Waals surface area contributed by atoms with E-state index in [0.29, 0.717) is 5.02 Å². The molecule has 0 bridgehead atoms. The Hall–Kier alpha value is 0.110. The van der Waals surface area contributed by atoms with Crippen molar-refractivity contribution in [1.82, 2.24) is 0 Å². The van der Waals surface area contributed by atoms with Crippen molar-refractivity contribution >= 4 is 35.0 Å². The molecule has 1 nitrogen and oxygen atoms in total. The summed E-state index contributed by atoms with van der Waals surface area (Å²) in [5, 5.41) is 1.47. The lowest BCUT2D eigenvalue weighted by Crippen LogP contribution is -2.25. The normalized spacial score (nSPS) is 12.8. The van der Waals surface area contributed by atoms with E-state index in [1.54, 1.807) is 6.07 Å². The molecule has 2 N–H and O–H groups in total. The predicted molar refractivity (Wildman–Crippen MR) is 75.8 cm³/mol. The van der Waals surface area contributed by atoms with E-state index in [-0.39, 0.29) is 6.04 Å². The molecule has 1 aromatic carbocycles. The number of halogens is 2. The molecule has 0 radical (unpaired) electrons. The van der Waals surface area contributed by atoms with Crippen molar-refractivity contribution < 1.29 is 0 Å². The molecular weight excluding hydrogens is 261 g/mol. The molecule has 0 heterocycles. The monoisotopic (exact) mass is 277 g/mol. The van der Waals surface area contributed by atoms with Gasteiger partial charge < -0.3 is 5.73 Å². The molecule has 0 aromatic heterocycles. The molecule has 0 amide bonds. The zero-order chi connectivity index (χ0) is 12.0. The highest BCUT2D eigenvalue weighted by molar-refractivity contribution is 7.99. The Labute approximate surface area is 112 Å². The Morgan fingerprint density at radius 3 is 2.81 bits per heavy atom. The van der Waals surface area contributed by atoms with Crippen molar-refractivity contribution in [2.24, 2.45) is 5.73 Å². The van der Waals surface area contributed by atoms with Gasteiger partial charge in [-0.1, -0.05) is 30.1 Å². The first-order valence-electron chi connectivity index (χ1n) is 5.40. The standard InChI is InChI=1S/C12H17Cl2NS/c1-2-5-16-8-11(15)7-9-6-10(13)3-4-12(9)14/h3-4,6,11H,2,5,7-8,15H2,1H3. The Bertz CT molecular complexity index is 331. The molecule has 1 atom stereocenters. The van der Waals surface area contributed by atoms with Crippen molar-refractivity contribution in [1.29, 1.82) is 0 Å². The van der Waals surface area contributed by atoms with Crippen LogP contribution in [-0.2, 0) is 6.42 Å². The highest BCUT2D eigenvalue weighted by Crippen LogP contribution is 2.22. The average molecular weight is 278 g/mol. The van der Waals surface area contributed by atoms with Crippen molar-refractivity contribution in [2.45, 2.75) is 25.8 Å². The van der Waals surface area contributed by atoms with Crippen LogP contribution in [0.15, 0.2) is 18.2 Å². The maximum atomic E-state index is 6.08. The summed E-state index contributed by atoms with van der Waals surface area (Å²) < 4.78 is 0. The molecule has 4 heteroatoms. The predicted octanol–water partition coefficient (Wildman–Crippen LogP) is 4.01.